The summed E-state index contributed by atoms with van der Waals surface area (Å²) in [6.07, 6.45) is 0. The van der Waals surface area contributed by atoms with Crippen LogP contribution in [0.2, 0.25) is 5.02 Å². The van der Waals surface area contributed by atoms with E-state index in [2.05, 4.69) is 4.90 Å². The predicted octanol–water partition coefficient (Wildman–Crippen LogP) is 1.33. The van der Waals surface area contributed by atoms with Crippen LogP contribution in [-0.2, 0) is 0 Å². The summed E-state index contributed by atoms with van der Waals surface area (Å²) in [6, 6.07) is 7.26. The number of likely N-dealkylation sites (N-methyl/N-ethyl adjacent to an activating group) is 1. The van der Waals surface area contributed by atoms with Crippen LogP contribution >= 0.6 is 11.6 Å². The topological polar surface area (TPSA) is 43.8 Å². The van der Waals surface area contributed by atoms with Gasteiger partial charge in [-0.25, -0.2) is 0 Å². The van der Waals surface area contributed by atoms with E-state index in [4.69, 9.17) is 11.6 Å². The van der Waals surface area contributed by atoms with E-state index in [0.717, 1.165) is 0 Å². The van der Waals surface area contributed by atoms with Crippen LogP contribution in [-0.4, -0.2) is 60.6 Å². The van der Waals surface area contributed by atoms with E-state index in [9.17, 15) is 9.90 Å². The molecule has 1 N–H and O–H groups in total. The van der Waals surface area contributed by atoms with Crippen molar-refractivity contribution in [1.29, 1.82) is 0 Å². The minimum absolute atomic E-state index is 0.0617. The lowest BCUT2D eigenvalue weighted by molar-refractivity contribution is 0.0779. The molecule has 5 heteroatoms. The smallest absolute Gasteiger partial charge is 0.255 e. The molecular weight excluding hydrogens is 264 g/mol. The molecule has 1 saturated heterocycles. The third-order valence-electron chi connectivity index (χ3n) is 3.70. The Bertz CT molecular complexity index is 465. The molecule has 1 aliphatic rings. The minimum atomic E-state index is -0.0617. The number of nitrogens with zero attached hydrogens (tertiary/aromatic N) is 2. The van der Waals surface area contributed by atoms with Gasteiger partial charge in [0.05, 0.1) is 10.6 Å². The summed E-state index contributed by atoms with van der Waals surface area (Å²) >= 11 is 6.06. The molecule has 0 aliphatic carbocycles. The number of aliphatic hydroxyl groups is 1. The molecule has 0 unspecified atom stereocenters. The zero-order valence-corrected chi connectivity index (χ0v) is 12.0. The molecular formula is C14H19ClN2O2. The lowest BCUT2D eigenvalue weighted by atomic mass is 10.0. The number of amides is 1. The van der Waals surface area contributed by atoms with Crippen molar-refractivity contribution in [2.75, 3.05) is 33.8 Å². The highest BCUT2D eigenvalue weighted by Gasteiger charge is 2.36. The van der Waals surface area contributed by atoms with Crippen molar-refractivity contribution in [2.24, 2.45) is 5.92 Å². The monoisotopic (exact) mass is 282 g/mol. The molecule has 0 bridgehead atoms. The van der Waals surface area contributed by atoms with Gasteiger partial charge in [-0.2, -0.15) is 0 Å². The molecule has 1 heterocycles. The number of hydrogen-bond acceptors (Lipinski definition) is 3. The Morgan fingerprint density at radius 1 is 1.42 bits per heavy atom. The van der Waals surface area contributed by atoms with E-state index in [0.29, 0.717) is 23.7 Å². The average Bonchev–Trinajstić information content (AvgIpc) is 2.83. The van der Waals surface area contributed by atoms with Gasteiger partial charge in [0, 0.05) is 31.7 Å². The zero-order valence-electron chi connectivity index (χ0n) is 11.2. The largest absolute Gasteiger partial charge is 0.396 e. The Balaban J connectivity index is 2.16. The molecule has 0 spiro atoms. The maximum Gasteiger partial charge on any atom is 0.255 e. The Hall–Kier alpha value is -1.10. The SMILES string of the molecule is CN(C)[C@@H]1CN(C(=O)c2ccccc2Cl)C[C@H]1CO. The van der Waals surface area contributed by atoms with Crippen LogP contribution in [0.15, 0.2) is 24.3 Å². The Labute approximate surface area is 118 Å². The van der Waals surface area contributed by atoms with Crippen LogP contribution in [0.3, 0.4) is 0 Å². The van der Waals surface area contributed by atoms with Gasteiger partial charge in [0.15, 0.2) is 0 Å². The van der Waals surface area contributed by atoms with Crippen LogP contribution < -0.4 is 0 Å². The first-order valence-electron chi connectivity index (χ1n) is 6.35. The second-order valence-electron chi connectivity index (χ2n) is 5.16. The molecule has 1 aromatic rings. The maximum atomic E-state index is 12.4. The summed E-state index contributed by atoms with van der Waals surface area (Å²) in [5.41, 5.74) is 0.528. The van der Waals surface area contributed by atoms with E-state index in [1.54, 1.807) is 17.0 Å². The van der Waals surface area contributed by atoms with Gasteiger partial charge in [0.2, 0.25) is 0 Å². The summed E-state index contributed by atoms with van der Waals surface area (Å²) < 4.78 is 0. The molecule has 0 aromatic heterocycles. The summed E-state index contributed by atoms with van der Waals surface area (Å²) in [5.74, 6) is 0.0369. The maximum absolute atomic E-state index is 12.4. The average molecular weight is 283 g/mol. The Kier molecular flexibility index (Phi) is 4.45. The molecule has 1 aromatic carbocycles. The predicted molar refractivity (Wildman–Crippen MR) is 75.4 cm³/mol. The molecule has 4 nitrogen and oxygen atoms in total. The van der Waals surface area contributed by atoms with Crippen molar-refractivity contribution in [2.45, 2.75) is 6.04 Å². The van der Waals surface area contributed by atoms with Gasteiger partial charge in [-0.05, 0) is 26.2 Å². The van der Waals surface area contributed by atoms with Crippen molar-refractivity contribution >= 4 is 17.5 Å². The number of rotatable bonds is 3. The molecule has 104 valence electrons. The third kappa shape index (κ3) is 2.91. The van der Waals surface area contributed by atoms with Crippen LogP contribution in [0.25, 0.3) is 0 Å². The van der Waals surface area contributed by atoms with Crippen molar-refractivity contribution in [3.05, 3.63) is 34.9 Å². The molecule has 19 heavy (non-hydrogen) atoms. The number of benzene rings is 1. The lowest BCUT2D eigenvalue weighted by Gasteiger charge is -2.23. The fourth-order valence-corrected chi connectivity index (χ4v) is 2.81. The number of carbonyl (C=O) groups excluding carboxylic acids is 1. The Morgan fingerprint density at radius 3 is 2.63 bits per heavy atom. The van der Waals surface area contributed by atoms with Gasteiger partial charge in [-0.15, -0.1) is 0 Å². The molecule has 1 amide bonds. The molecule has 2 atom stereocenters. The highest BCUT2D eigenvalue weighted by Crippen LogP contribution is 2.24. The number of carbonyl (C=O) groups is 1. The zero-order chi connectivity index (χ0) is 14.0. The molecule has 0 radical (unpaired) electrons. The van der Waals surface area contributed by atoms with Gasteiger partial charge in [-0.3, -0.25) is 4.79 Å². The number of aliphatic hydroxyl groups excluding tert-OH is 1. The van der Waals surface area contributed by atoms with Crippen molar-refractivity contribution in [3.8, 4) is 0 Å². The standard InChI is InChI=1S/C14H19ClN2O2/c1-16(2)13-8-17(7-10(13)9-18)14(19)11-5-3-4-6-12(11)15/h3-6,10,13,18H,7-9H2,1-2H3/t10-,13+/m0/s1. The Morgan fingerprint density at radius 2 is 2.11 bits per heavy atom. The molecule has 0 saturated carbocycles. The highest BCUT2D eigenvalue weighted by atomic mass is 35.5. The van der Waals surface area contributed by atoms with Gasteiger partial charge in [-0.1, -0.05) is 23.7 Å². The van der Waals surface area contributed by atoms with E-state index in [-0.39, 0.29) is 24.5 Å². The summed E-state index contributed by atoms with van der Waals surface area (Å²) in [4.78, 5) is 16.3. The van der Waals surface area contributed by atoms with Gasteiger partial charge < -0.3 is 14.9 Å². The molecule has 1 aliphatic heterocycles. The van der Waals surface area contributed by atoms with Crippen molar-refractivity contribution in [3.63, 3.8) is 0 Å². The van der Waals surface area contributed by atoms with Gasteiger partial charge >= 0.3 is 0 Å². The number of halogens is 1. The first-order chi connectivity index (χ1) is 9.04. The van der Waals surface area contributed by atoms with Crippen molar-refractivity contribution < 1.29 is 9.90 Å². The minimum Gasteiger partial charge on any atom is -0.396 e. The summed E-state index contributed by atoms with van der Waals surface area (Å²) in [6.45, 7) is 1.29. The van der Waals surface area contributed by atoms with E-state index in [1.165, 1.54) is 0 Å². The van der Waals surface area contributed by atoms with E-state index in [1.807, 2.05) is 26.2 Å². The highest BCUT2D eigenvalue weighted by molar-refractivity contribution is 6.33. The van der Waals surface area contributed by atoms with Crippen LogP contribution in [0.1, 0.15) is 10.4 Å². The van der Waals surface area contributed by atoms with E-state index < -0.39 is 0 Å². The van der Waals surface area contributed by atoms with Crippen molar-refractivity contribution in [1.82, 2.24) is 9.80 Å². The summed E-state index contributed by atoms with van der Waals surface area (Å²) in [7, 11) is 3.94. The summed E-state index contributed by atoms with van der Waals surface area (Å²) in [5, 5.41) is 9.89. The number of likely N-dealkylation sites (tertiary alicyclic amines) is 1. The first-order valence-corrected chi connectivity index (χ1v) is 6.73. The second kappa shape index (κ2) is 5.90. The molecule has 2 rings (SSSR count). The third-order valence-corrected chi connectivity index (χ3v) is 4.03. The van der Waals surface area contributed by atoms with Crippen LogP contribution in [0, 0.1) is 5.92 Å². The normalized spacial score (nSPS) is 23.1. The van der Waals surface area contributed by atoms with E-state index >= 15 is 0 Å². The van der Waals surface area contributed by atoms with Crippen LogP contribution in [0.4, 0.5) is 0 Å². The fourth-order valence-electron chi connectivity index (χ4n) is 2.59. The second-order valence-corrected chi connectivity index (χ2v) is 5.57. The first kappa shape index (κ1) is 14.3. The fraction of sp³-hybridized carbons (Fsp3) is 0.500. The van der Waals surface area contributed by atoms with Gasteiger partial charge in [0.1, 0.15) is 0 Å². The van der Waals surface area contributed by atoms with Crippen LogP contribution in [0.5, 0.6) is 0 Å². The quantitative estimate of drug-likeness (QED) is 0.910. The lowest BCUT2D eigenvalue weighted by Crippen LogP contribution is -2.37. The van der Waals surface area contributed by atoms with Gasteiger partial charge in [0.25, 0.3) is 5.91 Å². The number of hydrogen-bond donors (Lipinski definition) is 1. The molecule has 1 fully saturated rings.